The lowest BCUT2D eigenvalue weighted by Crippen LogP contribution is -2.18. The molecule has 0 aliphatic carbocycles. The minimum Gasteiger partial charge on any atom is -0.507 e. The second kappa shape index (κ2) is 5.64. The first-order valence-electron chi connectivity index (χ1n) is 7.01. The van der Waals surface area contributed by atoms with Gasteiger partial charge in [-0.1, -0.05) is 0 Å². The first kappa shape index (κ1) is 14.9. The van der Waals surface area contributed by atoms with Gasteiger partial charge in [0.1, 0.15) is 12.0 Å². The zero-order valence-corrected chi connectivity index (χ0v) is 11.7. The van der Waals surface area contributed by atoms with E-state index in [2.05, 4.69) is 5.10 Å². The summed E-state index contributed by atoms with van der Waals surface area (Å²) < 4.78 is 45.1. The molecule has 1 aliphatic rings. The summed E-state index contributed by atoms with van der Waals surface area (Å²) in [4.78, 5) is 0. The Balaban J connectivity index is 1.87. The number of aromatic hydroxyl groups is 1. The number of phenols is 1. The van der Waals surface area contributed by atoms with Gasteiger partial charge in [0.05, 0.1) is 11.8 Å². The summed E-state index contributed by atoms with van der Waals surface area (Å²) >= 11 is 0. The highest BCUT2D eigenvalue weighted by molar-refractivity contribution is 5.69. The zero-order chi connectivity index (χ0) is 15.7. The SMILES string of the molecule is Oc1cc(C(F)(F)F)ccc1-c1cnn(C2CCCCO2)c1. The topological polar surface area (TPSA) is 47.3 Å². The first-order valence-corrected chi connectivity index (χ1v) is 7.01. The van der Waals surface area contributed by atoms with Crippen molar-refractivity contribution in [1.29, 1.82) is 0 Å². The van der Waals surface area contributed by atoms with Crippen LogP contribution in [0.15, 0.2) is 30.6 Å². The highest BCUT2D eigenvalue weighted by Crippen LogP contribution is 2.36. The fourth-order valence-electron chi connectivity index (χ4n) is 2.52. The number of halogens is 3. The van der Waals surface area contributed by atoms with E-state index >= 15 is 0 Å². The van der Waals surface area contributed by atoms with Crippen LogP contribution in [0, 0.1) is 0 Å². The normalized spacial score (nSPS) is 19.3. The van der Waals surface area contributed by atoms with Crippen molar-refractivity contribution in [1.82, 2.24) is 9.78 Å². The van der Waals surface area contributed by atoms with Crippen molar-refractivity contribution in [3.63, 3.8) is 0 Å². The number of alkyl halides is 3. The molecule has 1 aromatic heterocycles. The predicted molar refractivity (Wildman–Crippen MR) is 73.2 cm³/mol. The van der Waals surface area contributed by atoms with E-state index in [1.54, 1.807) is 10.9 Å². The van der Waals surface area contributed by atoms with Crippen molar-refractivity contribution in [3.8, 4) is 16.9 Å². The molecule has 1 aromatic carbocycles. The molecule has 1 fully saturated rings. The molecule has 1 saturated heterocycles. The number of rotatable bonds is 2. The monoisotopic (exact) mass is 312 g/mol. The summed E-state index contributed by atoms with van der Waals surface area (Å²) in [7, 11) is 0. The molecule has 1 atom stereocenters. The fourth-order valence-corrected chi connectivity index (χ4v) is 2.52. The van der Waals surface area contributed by atoms with Crippen LogP contribution in [0.3, 0.4) is 0 Å². The molecule has 22 heavy (non-hydrogen) atoms. The summed E-state index contributed by atoms with van der Waals surface area (Å²) in [5, 5.41) is 14.0. The van der Waals surface area contributed by atoms with Gasteiger partial charge in [0.25, 0.3) is 0 Å². The van der Waals surface area contributed by atoms with E-state index in [-0.39, 0.29) is 6.23 Å². The Labute approximate surface area is 125 Å². The molecule has 4 nitrogen and oxygen atoms in total. The molecule has 1 aliphatic heterocycles. The number of ether oxygens (including phenoxy) is 1. The third-order valence-corrected chi connectivity index (χ3v) is 3.69. The first-order chi connectivity index (χ1) is 10.4. The Hall–Kier alpha value is -2.02. The lowest BCUT2D eigenvalue weighted by Gasteiger charge is -2.22. The highest BCUT2D eigenvalue weighted by atomic mass is 19.4. The van der Waals surface area contributed by atoms with Crippen LogP contribution < -0.4 is 0 Å². The molecular formula is C15H15F3N2O2. The third-order valence-electron chi connectivity index (χ3n) is 3.69. The summed E-state index contributed by atoms with van der Waals surface area (Å²) in [6.45, 7) is 0.672. The summed E-state index contributed by atoms with van der Waals surface area (Å²) in [5.41, 5.74) is -0.00721. The Bertz CT molecular complexity index is 661. The molecule has 0 bridgehead atoms. The van der Waals surface area contributed by atoms with Crippen LogP contribution in [0.1, 0.15) is 31.1 Å². The average Bonchev–Trinajstić information content (AvgIpc) is 2.96. The molecule has 0 amide bonds. The second-order valence-corrected chi connectivity index (χ2v) is 5.26. The van der Waals surface area contributed by atoms with E-state index in [9.17, 15) is 18.3 Å². The van der Waals surface area contributed by atoms with Crippen molar-refractivity contribution in [3.05, 3.63) is 36.2 Å². The van der Waals surface area contributed by atoms with Gasteiger partial charge in [-0.3, -0.25) is 0 Å². The molecule has 1 N–H and O–H groups in total. The van der Waals surface area contributed by atoms with Gasteiger partial charge < -0.3 is 9.84 Å². The van der Waals surface area contributed by atoms with Crippen molar-refractivity contribution >= 4 is 0 Å². The van der Waals surface area contributed by atoms with Gasteiger partial charge in [-0.15, -0.1) is 0 Å². The average molecular weight is 312 g/mol. The van der Waals surface area contributed by atoms with Gasteiger partial charge in [0.2, 0.25) is 0 Å². The van der Waals surface area contributed by atoms with Crippen LogP contribution in [0.2, 0.25) is 0 Å². The molecule has 2 heterocycles. The molecule has 3 rings (SSSR count). The largest absolute Gasteiger partial charge is 0.507 e. The number of nitrogens with zero attached hydrogens (tertiary/aromatic N) is 2. The Kier molecular flexibility index (Phi) is 3.82. The summed E-state index contributed by atoms with van der Waals surface area (Å²) in [6.07, 6.45) is 1.48. The molecule has 118 valence electrons. The molecule has 0 spiro atoms. The van der Waals surface area contributed by atoms with E-state index in [4.69, 9.17) is 4.74 Å². The number of aromatic nitrogens is 2. The van der Waals surface area contributed by atoms with Gasteiger partial charge in [0, 0.05) is 23.9 Å². The van der Waals surface area contributed by atoms with Gasteiger partial charge in [-0.2, -0.15) is 18.3 Å². The summed E-state index contributed by atoms with van der Waals surface area (Å²) in [6, 6.07) is 2.93. The minimum absolute atomic E-state index is 0.154. The van der Waals surface area contributed by atoms with Gasteiger partial charge in [0.15, 0.2) is 0 Å². The Morgan fingerprint density at radius 3 is 2.73 bits per heavy atom. The van der Waals surface area contributed by atoms with Crippen molar-refractivity contribution in [2.45, 2.75) is 31.7 Å². The predicted octanol–water partition coefficient (Wildman–Crippen LogP) is 3.97. The molecule has 0 radical (unpaired) electrons. The van der Waals surface area contributed by atoms with Crippen molar-refractivity contribution in [2.75, 3.05) is 6.61 Å². The number of hydrogen-bond acceptors (Lipinski definition) is 3. The fraction of sp³-hybridized carbons (Fsp3) is 0.400. The van der Waals surface area contributed by atoms with E-state index in [1.807, 2.05) is 0 Å². The maximum atomic E-state index is 12.6. The van der Waals surface area contributed by atoms with E-state index < -0.39 is 17.5 Å². The van der Waals surface area contributed by atoms with Gasteiger partial charge in [-0.25, -0.2) is 4.68 Å². The number of phenolic OH excluding ortho intramolecular Hbond substituents is 1. The molecule has 2 aromatic rings. The van der Waals surface area contributed by atoms with E-state index in [0.29, 0.717) is 17.7 Å². The quantitative estimate of drug-likeness (QED) is 0.912. The molecule has 1 unspecified atom stereocenters. The standard InChI is InChI=1S/C15H15F3N2O2/c16-15(17,18)11-4-5-12(13(21)7-11)10-8-19-20(9-10)14-3-1-2-6-22-14/h4-5,7-9,14,21H,1-3,6H2. The third kappa shape index (κ3) is 2.94. The smallest absolute Gasteiger partial charge is 0.416 e. The van der Waals surface area contributed by atoms with Crippen molar-refractivity contribution < 1.29 is 23.0 Å². The minimum atomic E-state index is -4.48. The van der Waals surface area contributed by atoms with E-state index in [1.165, 1.54) is 12.3 Å². The maximum absolute atomic E-state index is 12.6. The highest BCUT2D eigenvalue weighted by Gasteiger charge is 2.31. The van der Waals surface area contributed by atoms with Gasteiger partial charge >= 0.3 is 6.18 Å². The Morgan fingerprint density at radius 1 is 1.27 bits per heavy atom. The number of benzene rings is 1. The second-order valence-electron chi connectivity index (χ2n) is 5.26. The zero-order valence-electron chi connectivity index (χ0n) is 11.7. The molecular weight excluding hydrogens is 297 g/mol. The number of hydrogen-bond donors (Lipinski definition) is 1. The summed E-state index contributed by atoms with van der Waals surface area (Å²) in [5.74, 6) is -0.418. The Morgan fingerprint density at radius 2 is 2.09 bits per heavy atom. The van der Waals surface area contributed by atoms with Crippen LogP contribution in [0.25, 0.3) is 11.1 Å². The van der Waals surface area contributed by atoms with E-state index in [0.717, 1.165) is 31.4 Å². The lowest BCUT2D eigenvalue weighted by atomic mass is 10.1. The van der Waals surface area contributed by atoms with Crippen LogP contribution in [-0.4, -0.2) is 21.5 Å². The van der Waals surface area contributed by atoms with Crippen LogP contribution in [-0.2, 0) is 10.9 Å². The van der Waals surface area contributed by atoms with Crippen LogP contribution >= 0.6 is 0 Å². The van der Waals surface area contributed by atoms with Gasteiger partial charge in [-0.05, 0) is 37.5 Å². The lowest BCUT2D eigenvalue weighted by molar-refractivity contribution is -0.137. The van der Waals surface area contributed by atoms with Crippen LogP contribution in [0.5, 0.6) is 5.75 Å². The molecule has 7 heteroatoms. The van der Waals surface area contributed by atoms with Crippen LogP contribution in [0.4, 0.5) is 13.2 Å². The van der Waals surface area contributed by atoms with Crippen molar-refractivity contribution in [2.24, 2.45) is 0 Å². The maximum Gasteiger partial charge on any atom is 0.416 e. The molecule has 0 saturated carbocycles.